The predicted octanol–water partition coefficient (Wildman–Crippen LogP) is 2.04. The highest BCUT2D eigenvalue weighted by atomic mass is 32.2. The van der Waals surface area contributed by atoms with E-state index in [-0.39, 0.29) is 11.8 Å². The van der Waals surface area contributed by atoms with E-state index in [1.807, 2.05) is 17.8 Å². The Labute approximate surface area is 119 Å². The number of rotatable bonds is 7. The minimum Gasteiger partial charge on any atom is -0.356 e. The molecule has 1 fully saturated rings. The average molecular weight is 278 g/mol. The zero-order valence-electron chi connectivity index (χ0n) is 11.2. The molecule has 3 nitrogen and oxygen atoms in total. The molecule has 1 amide bonds. The number of hydrogen-bond acceptors (Lipinski definition) is 3. The van der Waals surface area contributed by atoms with Crippen LogP contribution in [0.1, 0.15) is 18.4 Å². The van der Waals surface area contributed by atoms with Gasteiger partial charge in [-0.15, -0.1) is 0 Å². The lowest BCUT2D eigenvalue weighted by atomic mass is 10.1. The van der Waals surface area contributed by atoms with Crippen molar-refractivity contribution in [2.24, 2.45) is 5.92 Å². The summed E-state index contributed by atoms with van der Waals surface area (Å²) in [6.07, 6.45) is 2.03. The number of carbonyl (C=O) groups excluding carboxylic acids is 1. The molecule has 1 unspecified atom stereocenters. The van der Waals surface area contributed by atoms with Gasteiger partial charge in [-0.3, -0.25) is 4.79 Å². The molecule has 1 atom stereocenters. The van der Waals surface area contributed by atoms with Crippen molar-refractivity contribution >= 4 is 17.7 Å². The molecule has 19 heavy (non-hydrogen) atoms. The van der Waals surface area contributed by atoms with Crippen molar-refractivity contribution in [3.05, 3.63) is 35.9 Å². The molecule has 2 N–H and O–H groups in total. The third kappa shape index (κ3) is 5.25. The molecule has 1 aromatic carbocycles. The van der Waals surface area contributed by atoms with Crippen molar-refractivity contribution < 1.29 is 4.79 Å². The number of carbonyl (C=O) groups is 1. The van der Waals surface area contributed by atoms with Gasteiger partial charge in [0.1, 0.15) is 0 Å². The quantitative estimate of drug-likeness (QED) is 0.750. The lowest BCUT2D eigenvalue weighted by Crippen LogP contribution is -2.32. The summed E-state index contributed by atoms with van der Waals surface area (Å²) in [5.74, 6) is 2.56. The topological polar surface area (TPSA) is 41.1 Å². The second-order valence-electron chi connectivity index (χ2n) is 4.87. The van der Waals surface area contributed by atoms with E-state index in [2.05, 4.69) is 34.9 Å². The fourth-order valence-electron chi connectivity index (χ4n) is 2.17. The summed E-state index contributed by atoms with van der Waals surface area (Å²) >= 11 is 1.93. The number of hydrogen-bond donors (Lipinski definition) is 2. The Morgan fingerprint density at radius 1 is 1.37 bits per heavy atom. The third-order valence-corrected chi connectivity index (χ3v) is 4.42. The van der Waals surface area contributed by atoms with E-state index in [4.69, 9.17) is 0 Å². The zero-order valence-corrected chi connectivity index (χ0v) is 12.0. The van der Waals surface area contributed by atoms with Crippen molar-refractivity contribution in [1.29, 1.82) is 0 Å². The molecule has 1 aliphatic heterocycles. The van der Waals surface area contributed by atoms with E-state index in [1.165, 1.54) is 5.56 Å². The fourth-order valence-corrected chi connectivity index (χ4v) is 3.09. The molecule has 0 radical (unpaired) electrons. The Morgan fingerprint density at radius 2 is 2.21 bits per heavy atom. The van der Waals surface area contributed by atoms with Crippen LogP contribution in [0.2, 0.25) is 0 Å². The van der Waals surface area contributed by atoms with Crippen molar-refractivity contribution in [1.82, 2.24) is 10.6 Å². The van der Waals surface area contributed by atoms with Gasteiger partial charge in [0.25, 0.3) is 0 Å². The van der Waals surface area contributed by atoms with Gasteiger partial charge in [-0.05, 0) is 30.7 Å². The maximum atomic E-state index is 11.7. The molecule has 1 aromatic rings. The summed E-state index contributed by atoms with van der Waals surface area (Å²) in [5, 5.41) is 6.25. The number of thioether (sulfide) groups is 1. The van der Waals surface area contributed by atoms with Crippen molar-refractivity contribution in [2.75, 3.05) is 25.4 Å². The largest absolute Gasteiger partial charge is 0.356 e. The van der Waals surface area contributed by atoms with Gasteiger partial charge < -0.3 is 10.6 Å². The lowest BCUT2D eigenvalue weighted by Gasteiger charge is -2.09. The van der Waals surface area contributed by atoms with E-state index in [1.54, 1.807) is 0 Å². The Balaban J connectivity index is 1.49. The number of nitrogens with one attached hydrogen (secondary N) is 2. The van der Waals surface area contributed by atoms with Gasteiger partial charge in [0.05, 0.1) is 5.92 Å². The van der Waals surface area contributed by atoms with Gasteiger partial charge in [-0.2, -0.15) is 11.8 Å². The molecular formula is C15H22N2OS. The molecule has 0 bridgehead atoms. The van der Waals surface area contributed by atoms with E-state index in [0.29, 0.717) is 0 Å². The fraction of sp³-hybridized carbons (Fsp3) is 0.533. The first-order chi connectivity index (χ1) is 9.36. The van der Waals surface area contributed by atoms with Gasteiger partial charge in [0, 0.05) is 18.8 Å². The summed E-state index contributed by atoms with van der Waals surface area (Å²) in [4.78, 5) is 11.7. The van der Waals surface area contributed by atoms with Crippen LogP contribution in [0.15, 0.2) is 30.3 Å². The summed E-state index contributed by atoms with van der Waals surface area (Å²) < 4.78 is 0. The highest BCUT2D eigenvalue weighted by Crippen LogP contribution is 2.12. The Kier molecular flexibility index (Phi) is 6.24. The molecule has 1 saturated heterocycles. The van der Waals surface area contributed by atoms with Crippen molar-refractivity contribution in [3.63, 3.8) is 0 Å². The minimum atomic E-state index is 0.192. The highest BCUT2D eigenvalue weighted by molar-refractivity contribution is 7.98. The minimum absolute atomic E-state index is 0.192. The summed E-state index contributed by atoms with van der Waals surface area (Å²) in [5.41, 5.74) is 1.37. The van der Waals surface area contributed by atoms with Crippen LogP contribution in [-0.2, 0) is 10.5 Å². The third-order valence-electron chi connectivity index (χ3n) is 3.31. The summed E-state index contributed by atoms with van der Waals surface area (Å²) in [6.45, 7) is 2.62. The Bertz CT molecular complexity index is 377. The molecule has 2 rings (SSSR count). The predicted molar refractivity (Wildman–Crippen MR) is 81.2 cm³/mol. The first-order valence-corrected chi connectivity index (χ1v) is 8.12. The second-order valence-corrected chi connectivity index (χ2v) is 5.98. The van der Waals surface area contributed by atoms with Crippen LogP contribution >= 0.6 is 11.8 Å². The van der Waals surface area contributed by atoms with Gasteiger partial charge in [-0.25, -0.2) is 0 Å². The van der Waals surface area contributed by atoms with Gasteiger partial charge >= 0.3 is 0 Å². The monoisotopic (exact) mass is 278 g/mol. The van der Waals surface area contributed by atoms with Crippen molar-refractivity contribution in [3.8, 4) is 0 Å². The first kappa shape index (κ1) is 14.4. The van der Waals surface area contributed by atoms with Crippen LogP contribution in [0.5, 0.6) is 0 Å². The van der Waals surface area contributed by atoms with E-state index in [9.17, 15) is 4.79 Å². The van der Waals surface area contributed by atoms with Gasteiger partial charge in [-0.1, -0.05) is 30.3 Å². The average Bonchev–Trinajstić information content (AvgIpc) is 2.98. The number of amides is 1. The Morgan fingerprint density at radius 3 is 2.95 bits per heavy atom. The standard InChI is InChI=1S/C15H22N2OS/c18-15(14-7-9-16-11-14)17-8-4-10-19-12-13-5-2-1-3-6-13/h1-3,5-6,14,16H,4,7-12H2,(H,17,18). The maximum Gasteiger partial charge on any atom is 0.224 e. The Hall–Kier alpha value is -1.00. The van der Waals surface area contributed by atoms with E-state index < -0.39 is 0 Å². The molecule has 104 valence electrons. The second kappa shape index (κ2) is 8.23. The van der Waals surface area contributed by atoms with Crippen LogP contribution in [-0.4, -0.2) is 31.3 Å². The molecule has 4 heteroatoms. The molecule has 0 aliphatic carbocycles. The lowest BCUT2D eigenvalue weighted by molar-refractivity contribution is -0.124. The maximum absolute atomic E-state index is 11.7. The number of benzene rings is 1. The highest BCUT2D eigenvalue weighted by Gasteiger charge is 2.21. The van der Waals surface area contributed by atoms with Crippen LogP contribution < -0.4 is 10.6 Å². The molecule has 1 heterocycles. The SMILES string of the molecule is O=C(NCCCSCc1ccccc1)C1CCNC1. The van der Waals surface area contributed by atoms with Gasteiger partial charge in [0.2, 0.25) is 5.91 Å². The molecule has 0 spiro atoms. The van der Waals surface area contributed by atoms with Crippen molar-refractivity contribution in [2.45, 2.75) is 18.6 Å². The van der Waals surface area contributed by atoms with Crippen LogP contribution in [0.3, 0.4) is 0 Å². The summed E-state index contributed by atoms with van der Waals surface area (Å²) in [7, 11) is 0. The molecule has 0 saturated carbocycles. The normalized spacial score (nSPS) is 18.4. The zero-order chi connectivity index (χ0) is 13.3. The van der Waals surface area contributed by atoms with E-state index >= 15 is 0 Å². The van der Waals surface area contributed by atoms with E-state index in [0.717, 1.165) is 44.0 Å². The van der Waals surface area contributed by atoms with Crippen LogP contribution in [0.4, 0.5) is 0 Å². The smallest absolute Gasteiger partial charge is 0.224 e. The molecule has 0 aromatic heterocycles. The van der Waals surface area contributed by atoms with Gasteiger partial charge in [0.15, 0.2) is 0 Å². The van der Waals surface area contributed by atoms with Crippen LogP contribution in [0.25, 0.3) is 0 Å². The van der Waals surface area contributed by atoms with Crippen LogP contribution in [0, 0.1) is 5.92 Å². The summed E-state index contributed by atoms with van der Waals surface area (Å²) in [6, 6.07) is 10.5. The molecular weight excluding hydrogens is 256 g/mol. The molecule has 1 aliphatic rings. The first-order valence-electron chi connectivity index (χ1n) is 6.96.